The lowest BCUT2D eigenvalue weighted by Crippen LogP contribution is -2.66. The first-order valence-corrected chi connectivity index (χ1v) is 16.5. The van der Waals surface area contributed by atoms with Gasteiger partial charge in [-0.15, -0.1) is 11.6 Å². The van der Waals surface area contributed by atoms with Gasteiger partial charge in [0.25, 0.3) is 0 Å². The zero-order valence-electron chi connectivity index (χ0n) is 28.4. The Kier molecular flexibility index (Phi) is 11.0. The first-order valence-electron chi connectivity index (χ1n) is 16.5. The third kappa shape index (κ3) is 8.78. The Morgan fingerprint density at radius 1 is 1.26 bits per heavy atom. The summed E-state index contributed by atoms with van der Waals surface area (Å²) in [7, 11) is 0. The number of aliphatic imine (C=N–C) groups is 1. The van der Waals surface area contributed by atoms with Crippen molar-refractivity contribution in [2.75, 3.05) is 13.2 Å². The largest absolute Gasteiger partial charge is 0.487 e. The third-order valence-corrected chi connectivity index (χ3v) is 9.03. The van der Waals surface area contributed by atoms with Crippen molar-refractivity contribution in [1.82, 2.24) is 15.5 Å². The first-order chi connectivity index (χ1) is 21.7. The van der Waals surface area contributed by atoms with Gasteiger partial charge in [0, 0.05) is 42.5 Å². The summed E-state index contributed by atoms with van der Waals surface area (Å²) in [6, 6.07) is 5.40. The molecular formula is C36H52N4O6. The summed E-state index contributed by atoms with van der Waals surface area (Å²) < 4.78 is 17.6. The standard InChI is InChI=1S/C36H52N4O6/c1-9-12-18-36(11-3)22-31(42)40(32(39-36)38-33(43)46-34(4,5)6)28-17-19-44-23-25(28)14-16-30(41)37-27-21-35(7,8)45-29-15-13-24(10-2)20-26(27)29/h9-10,13,15,20,25,27-28H,1-2,11-12,14,16-19,21-23H2,3-8H3,(H,37,41)(H,38,39,43)/t25?,27-,28?,36+/m0/s1. The molecule has 0 radical (unpaired) electrons. The van der Waals surface area contributed by atoms with Crippen LogP contribution in [0, 0.1) is 5.92 Å². The Bertz CT molecular complexity index is 1350. The Hall–Kier alpha value is -3.66. The van der Waals surface area contributed by atoms with Gasteiger partial charge in [0.05, 0.1) is 19.1 Å². The van der Waals surface area contributed by atoms with E-state index in [9.17, 15) is 14.4 Å². The molecule has 2 N–H and O–H groups in total. The molecule has 10 nitrogen and oxygen atoms in total. The fourth-order valence-electron chi connectivity index (χ4n) is 6.66. The average Bonchev–Trinajstić information content (AvgIpc) is 2.97. The molecule has 252 valence electrons. The maximum atomic E-state index is 14.0. The van der Waals surface area contributed by atoms with Gasteiger partial charge in [0.2, 0.25) is 17.8 Å². The van der Waals surface area contributed by atoms with Gasteiger partial charge < -0.3 is 24.8 Å². The number of nitrogens with zero attached hydrogens (tertiary/aromatic N) is 2. The Morgan fingerprint density at radius 2 is 2.02 bits per heavy atom. The molecule has 2 saturated heterocycles. The molecule has 3 aliphatic rings. The van der Waals surface area contributed by atoms with Crippen molar-refractivity contribution in [2.45, 2.75) is 122 Å². The van der Waals surface area contributed by atoms with Crippen LogP contribution in [0.15, 0.2) is 42.4 Å². The lowest BCUT2D eigenvalue weighted by atomic mass is 9.83. The van der Waals surface area contributed by atoms with Crippen LogP contribution in [0.4, 0.5) is 4.79 Å². The van der Waals surface area contributed by atoms with Gasteiger partial charge in [-0.1, -0.05) is 31.7 Å². The second-order valence-corrected chi connectivity index (χ2v) is 14.4. The number of fused-ring (bicyclic) bond motifs is 1. The number of carbonyl (C=O) groups is 3. The number of nitrogens with one attached hydrogen (secondary N) is 2. The van der Waals surface area contributed by atoms with Crippen LogP contribution in [-0.2, 0) is 19.1 Å². The SMILES string of the molecule is C=CCC[C@]1(CC)CC(=O)N(C2CCOCC2CCC(=O)N[C@H]2CC(C)(C)Oc3ccc(C=C)cc32)/C(=N/C(=O)OC(C)(C)C)N1. The maximum Gasteiger partial charge on any atom is 0.437 e. The van der Waals surface area contributed by atoms with E-state index in [1.54, 1.807) is 31.7 Å². The smallest absolute Gasteiger partial charge is 0.437 e. The number of carbonyl (C=O) groups excluding carboxylic acids is 3. The molecule has 1 aromatic rings. The minimum Gasteiger partial charge on any atom is -0.487 e. The molecule has 3 aliphatic heterocycles. The Morgan fingerprint density at radius 3 is 2.70 bits per heavy atom. The monoisotopic (exact) mass is 636 g/mol. The topological polar surface area (TPSA) is 119 Å². The van der Waals surface area contributed by atoms with E-state index in [0.29, 0.717) is 51.7 Å². The molecule has 0 spiro atoms. The average molecular weight is 637 g/mol. The highest BCUT2D eigenvalue weighted by Crippen LogP contribution is 2.40. The molecule has 2 unspecified atom stereocenters. The number of rotatable bonds is 10. The highest BCUT2D eigenvalue weighted by molar-refractivity contribution is 6.04. The zero-order chi connectivity index (χ0) is 33.7. The number of ether oxygens (including phenoxy) is 3. The summed E-state index contributed by atoms with van der Waals surface area (Å²) in [5.74, 6) is 0.644. The van der Waals surface area contributed by atoms with Crippen molar-refractivity contribution in [3.63, 3.8) is 0 Å². The van der Waals surface area contributed by atoms with Crippen molar-refractivity contribution in [3.05, 3.63) is 48.6 Å². The quantitative estimate of drug-likeness (QED) is 0.283. The van der Waals surface area contributed by atoms with Crippen molar-refractivity contribution in [2.24, 2.45) is 10.9 Å². The normalized spacial score (nSPS) is 26.7. The number of amides is 3. The van der Waals surface area contributed by atoms with Crippen LogP contribution >= 0.6 is 0 Å². The molecule has 0 aliphatic carbocycles. The molecule has 0 saturated carbocycles. The molecule has 1 aromatic carbocycles. The van der Waals surface area contributed by atoms with Crippen LogP contribution < -0.4 is 15.4 Å². The molecule has 2 fully saturated rings. The van der Waals surface area contributed by atoms with Crippen LogP contribution in [-0.4, -0.2) is 64.8 Å². The molecule has 3 amide bonds. The predicted molar refractivity (Wildman–Crippen MR) is 179 cm³/mol. The van der Waals surface area contributed by atoms with Crippen molar-refractivity contribution in [1.29, 1.82) is 0 Å². The van der Waals surface area contributed by atoms with Crippen LogP contribution in [0.1, 0.15) is 110 Å². The van der Waals surface area contributed by atoms with Crippen LogP contribution in [0.2, 0.25) is 0 Å². The number of benzene rings is 1. The van der Waals surface area contributed by atoms with E-state index in [4.69, 9.17) is 14.2 Å². The lowest BCUT2D eigenvalue weighted by molar-refractivity contribution is -0.136. The summed E-state index contributed by atoms with van der Waals surface area (Å²) in [6.07, 6.45) is 7.13. The van der Waals surface area contributed by atoms with Gasteiger partial charge in [-0.2, -0.15) is 0 Å². The fraction of sp³-hybridized carbons (Fsp3) is 0.611. The highest BCUT2D eigenvalue weighted by atomic mass is 16.6. The van der Waals surface area contributed by atoms with E-state index in [1.807, 2.05) is 45.0 Å². The third-order valence-electron chi connectivity index (χ3n) is 9.03. The van der Waals surface area contributed by atoms with Gasteiger partial charge in [-0.05, 0) is 84.4 Å². The Labute approximate surface area is 274 Å². The van der Waals surface area contributed by atoms with E-state index in [0.717, 1.165) is 16.9 Å². The van der Waals surface area contributed by atoms with Gasteiger partial charge in [-0.25, -0.2) is 4.79 Å². The zero-order valence-corrected chi connectivity index (χ0v) is 28.4. The second-order valence-electron chi connectivity index (χ2n) is 14.4. The summed E-state index contributed by atoms with van der Waals surface area (Å²) in [5.41, 5.74) is 0.171. The molecule has 10 heteroatoms. The van der Waals surface area contributed by atoms with E-state index < -0.39 is 22.8 Å². The van der Waals surface area contributed by atoms with Gasteiger partial charge in [0.1, 0.15) is 17.0 Å². The summed E-state index contributed by atoms with van der Waals surface area (Å²) in [6.45, 7) is 20.0. The maximum absolute atomic E-state index is 14.0. The number of guanidine groups is 1. The van der Waals surface area contributed by atoms with E-state index in [1.165, 1.54) is 0 Å². The van der Waals surface area contributed by atoms with Crippen LogP contribution in [0.3, 0.4) is 0 Å². The molecule has 4 rings (SSSR count). The minimum atomic E-state index is -0.759. The van der Waals surface area contributed by atoms with E-state index in [-0.39, 0.29) is 48.6 Å². The van der Waals surface area contributed by atoms with Crippen molar-refractivity contribution >= 4 is 29.9 Å². The van der Waals surface area contributed by atoms with Gasteiger partial charge in [0.15, 0.2) is 0 Å². The summed E-state index contributed by atoms with van der Waals surface area (Å²) >= 11 is 0. The molecule has 0 aromatic heterocycles. The highest BCUT2D eigenvalue weighted by Gasteiger charge is 2.46. The van der Waals surface area contributed by atoms with Crippen LogP contribution in [0.25, 0.3) is 6.08 Å². The molecule has 0 bridgehead atoms. The van der Waals surface area contributed by atoms with E-state index >= 15 is 0 Å². The minimum absolute atomic E-state index is 0.0813. The number of allylic oxidation sites excluding steroid dienone is 1. The van der Waals surface area contributed by atoms with Gasteiger partial charge >= 0.3 is 6.09 Å². The molecule has 46 heavy (non-hydrogen) atoms. The van der Waals surface area contributed by atoms with Crippen LogP contribution in [0.5, 0.6) is 5.75 Å². The van der Waals surface area contributed by atoms with Crippen molar-refractivity contribution in [3.8, 4) is 5.75 Å². The number of hydrogen-bond acceptors (Lipinski definition) is 6. The number of hydrogen-bond donors (Lipinski definition) is 2. The molecule has 3 heterocycles. The predicted octanol–water partition coefficient (Wildman–Crippen LogP) is 6.46. The van der Waals surface area contributed by atoms with Gasteiger partial charge in [-0.3, -0.25) is 14.5 Å². The van der Waals surface area contributed by atoms with Crippen molar-refractivity contribution < 1.29 is 28.6 Å². The summed E-state index contributed by atoms with van der Waals surface area (Å²) in [5, 5.41) is 6.72. The fourth-order valence-corrected chi connectivity index (χ4v) is 6.66. The first kappa shape index (κ1) is 35.2. The summed E-state index contributed by atoms with van der Waals surface area (Å²) in [4.78, 5) is 46.3. The molecular weight excluding hydrogens is 584 g/mol. The second kappa shape index (κ2) is 14.4. The van der Waals surface area contributed by atoms with E-state index in [2.05, 4.69) is 28.8 Å². The lowest BCUT2D eigenvalue weighted by Gasteiger charge is -2.48. The Balaban J connectivity index is 1.53. The molecule has 4 atom stereocenters.